The van der Waals surface area contributed by atoms with Gasteiger partial charge < -0.3 is 4.18 Å². The lowest BCUT2D eigenvalue weighted by Gasteiger charge is -2.06. The van der Waals surface area contributed by atoms with Gasteiger partial charge in [0.25, 0.3) is 0 Å². The van der Waals surface area contributed by atoms with E-state index in [0.717, 1.165) is 5.69 Å². The van der Waals surface area contributed by atoms with Gasteiger partial charge in [0.15, 0.2) is 0 Å². The van der Waals surface area contributed by atoms with Crippen molar-refractivity contribution in [1.82, 2.24) is 30.0 Å². The topological polar surface area (TPSA) is 105 Å². The number of rotatable bonds is 5. The molecule has 9 nitrogen and oxygen atoms in total. The zero-order chi connectivity index (χ0) is 18.0. The van der Waals surface area contributed by atoms with Crippen LogP contribution in [0.3, 0.4) is 0 Å². The molecule has 0 unspecified atom stereocenters. The Morgan fingerprint density at radius 2 is 1.62 bits per heavy atom. The van der Waals surface area contributed by atoms with Crippen LogP contribution < -0.4 is 4.18 Å². The van der Waals surface area contributed by atoms with Gasteiger partial charge in [-0.05, 0) is 46.8 Å². The summed E-state index contributed by atoms with van der Waals surface area (Å²) in [6, 6.07) is 15.5. The van der Waals surface area contributed by atoms with Crippen molar-refractivity contribution >= 4 is 10.1 Å². The minimum atomic E-state index is -4.00. The van der Waals surface area contributed by atoms with E-state index in [4.69, 9.17) is 4.18 Å². The van der Waals surface area contributed by atoms with Crippen LogP contribution in [0.15, 0.2) is 78.2 Å². The zero-order valence-electron chi connectivity index (χ0n) is 13.2. The van der Waals surface area contributed by atoms with Gasteiger partial charge in [-0.2, -0.15) is 13.5 Å². The normalized spacial score (nSPS) is 11.4. The fraction of sp³-hybridized carbons (Fsp3) is 0. The van der Waals surface area contributed by atoms with E-state index in [9.17, 15) is 8.42 Å². The number of nitrogens with zero attached hydrogens (tertiary/aromatic N) is 6. The van der Waals surface area contributed by atoms with Crippen molar-refractivity contribution in [3.05, 3.63) is 73.3 Å². The monoisotopic (exact) mass is 368 g/mol. The van der Waals surface area contributed by atoms with Gasteiger partial charge >= 0.3 is 10.1 Å². The lowest BCUT2D eigenvalue weighted by atomic mass is 10.3. The van der Waals surface area contributed by atoms with Gasteiger partial charge in [0.2, 0.25) is 0 Å². The van der Waals surface area contributed by atoms with Crippen LogP contribution in [0.5, 0.6) is 5.75 Å². The standard InChI is InChI=1S/C16H12N6O3S/c23-26(24,16-10-18-21(11-16)13-4-2-1-3-5-13)25-15-8-6-14(7-9-15)22-12-17-19-20-22/h1-12H. The van der Waals surface area contributed by atoms with E-state index < -0.39 is 10.1 Å². The summed E-state index contributed by atoms with van der Waals surface area (Å²) < 4.78 is 33.0. The van der Waals surface area contributed by atoms with E-state index in [0.29, 0.717) is 5.69 Å². The molecule has 2 heterocycles. The van der Waals surface area contributed by atoms with Crippen LogP contribution in [-0.4, -0.2) is 38.4 Å². The molecule has 0 bridgehead atoms. The molecule has 0 aliphatic rings. The minimum absolute atomic E-state index is 0.0362. The summed E-state index contributed by atoms with van der Waals surface area (Å²) >= 11 is 0. The highest BCUT2D eigenvalue weighted by atomic mass is 32.2. The first-order valence-corrected chi connectivity index (χ1v) is 8.91. The molecule has 0 radical (unpaired) electrons. The van der Waals surface area contributed by atoms with Gasteiger partial charge in [-0.15, -0.1) is 5.10 Å². The zero-order valence-corrected chi connectivity index (χ0v) is 14.1. The molecule has 0 saturated heterocycles. The molecule has 2 aromatic heterocycles. The molecule has 10 heteroatoms. The first kappa shape index (κ1) is 16.0. The Kier molecular flexibility index (Phi) is 3.93. The first-order valence-electron chi connectivity index (χ1n) is 7.50. The number of tetrazole rings is 1. The summed E-state index contributed by atoms with van der Waals surface area (Å²) in [5.74, 6) is 0.175. The second-order valence-corrected chi connectivity index (χ2v) is 6.79. The Labute approximate surface area is 148 Å². The molecule has 0 aliphatic heterocycles. The van der Waals surface area contributed by atoms with E-state index in [1.165, 1.54) is 40.2 Å². The Morgan fingerprint density at radius 3 is 2.31 bits per heavy atom. The van der Waals surface area contributed by atoms with Gasteiger partial charge in [0.1, 0.15) is 17.0 Å². The molecular weight excluding hydrogens is 356 g/mol. The third-order valence-corrected chi connectivity index (χ3v) is 4.72. The second-order valence-electron chi connectivity index (χ2n) is 5.24. The smallest absolute Gasteiger partial charge is 0.342 e. The molecular formula is C16H12N6O3S. The number of hydrogen-bond acceptors (Lipinski definition) is 7. The van der Waals surface area contributed by atoms with Gasteiger partial charge in [0.05, 0.1) is 23.8 Å². The van der Waals surface area contributed by atoms with Crippen molar-refractivity contribution in [2.45, 2.75) is 4.90 Å². The van der Waals surface area contributed by atoms with E-state index in [2.05, 4.69) is 20.6 Å². The van der Waals surface area contributed by atoms with Crippen LogP contribution in [0.25, 0.3) is 11.4 Å². The fourth-order valence-electron chi connectivity index (χ4n) is 2.27. The van der Waals surface area contributed by atoms with E-state index in [-0.39, 0.29) is 10.6 Å². The van der Waals surface area contributed by atoms with Gasteiger partial charge in [0, 0.05) is 0 Å². The molecule has 26 heavy (non-hydrogen) atoms. The van der Waals surface area contributed by atoms with Crippen molar-refractivity contribution in [1.29, 1.82) is 0 Å². The summed E-state index contributed by atoms with van der Waals surface area (Å²) in [5, 5.41) is 14.9. The number of para-hydroxylation sites is 1. The predicted octanol–water partition coefficient (Wildman–Crippen LogP) is 1.62. The SMILES string of the molecule is O=S(=O)(Oc1ccc(-n2cnnn2)cc1)c1cnn(-c2ccccc2)c1. The quantitative estimate of drug-likeness (QED) is 0.493. The second kappa shape index (κ2) is 6.41. The summed E-state index contributed by atoms with van der Waals surface area (Å²) in [7, 11) is -4.00. The maximum Gasteiger partial charge on any atom is 0.342 e. The molecule has 0 fully saturated rings. The molecule has 4 rings (SSSR count). The Morgan fingerprint density at radius 1 is 0.885 bits per heavy atom. The third kappa shape index (κ3) is 3.17. The van der Waals surface area contributed by atoms with Gasteiger partial charge in [-0.25, -0.2) is 9.36 Å². The molecule has 2 aromatic carbocycles. The molecule has 0 spiro atoms. The van der Waals surface area contributed by atoms with Crippen LogP contribution in [0, 0.1) is 0 Å². The van der Waals surface area contributed by atoms with Crippen LogP contribution in [0.4, 0.5) is 0 Å². The average molecular weight is 368 g/mol. The Bertz CT molecular complexity index is 1110. The van der Waals surface area contributed by atoms with Crippen molar-refractivity contribution in [3.8, 4) is 17.1 Å². The average Bonchev–Trinajstić information content (AvgIpc) is 3.35. The largest absolute Gasteiger partial charge is 0.379 e. The summed E-state index contributed by atoms with van der Waals surface area (Å²) in [5.41, 5.74) is 1.43. The molecule has 0 saturated carbocycles. The van der Waals surface area contributed by atoms with E-state index >= 15 is 0 Å². The first-order chi connectivity index (χ1) is 12.6. The van der Waals surface area contributed by atoms with Gasteiger partial charge in [-0.3, -0.25) is 0 Å². The molecule has 0 atom stereocenters. The fourth-order valence-corrected chi connectivity index (χ4v) is 3.13. The Balaban J connectivity index is 1.55. The van der Waals surface area contributed by atoms with Crippen LogP contribution in [0.1, 0.15) is 0 Å². The molecule has 4 aromatic rings. The van der Waals surface area contributed by atoms with Crippen LogP contribution in [-0.2, 0) is 10.1 Å². The third-order valence-electron chi connectivity index (χ3n) is 3.52. The van der Waals surface area contributed by atoms with E-state index in [1.54, 1.807) is 12.1 Å². The number of aromatic nitrogens is 6. The maximum atomic E-state index is 12.4. The minimum Gasteiger partial charge on any atom is -0.379 e. The van der Waals surface area contributed by atoms with E-state index in [1.807, 2.05) is 30.3 Å². The maximum absolute atomic E-state index is 12.4. The number of benzene rings is 2. The molecule has 0 aliphatic carbocycles. The van der Waals surface area contributed by atoms with Crippen molar-refractivity contribution in [2.24, 2.45) is 0 Å². The molecule has 0 N–H and O–H groups in total. The van der Waals surface area contributed by atoms with Crippen LogP contribution >= 0.6 is 0 Å². The highest BCUT2D eigenvalue weighted by Crippen LogP contribution is 2.20. The van der Waals surface area contributed by atoms with Crippen molar-refractivity contribution < 1.29 is 12.6 Å². The van der Waals surface area contributed by atoms with Gasteiger partial charge in [-0.1, -0.05) is 18.2 Å². The highest BCUT2D eigenvalue weighted by Gasteiger charge is 2.19. The van der Waals surface area contributed by atoms with Crippen LogP contribution in [0.2, 0.25) is 0 Å². The van der Waals surface area contributed by atoms with Crippen molar-refractivity contribution in [2.75, 3.05) is 0 Å². The summed E-state index contributed by atoms with van der Waals surface area (Å²) in [4.78, 5) is -0.0362. The Hall–Kier alpha value is -3.53. The summed E-state index contributed by atoms with van der Waals surface area (Å²) in [6.07, 6.45) is 4.09. The highest BCUT2D eigenvalue weighted by molar-refractivity contribution is 7.87. The van der Waals surface area contributed by atoms with Crippen molar-refractivity contribution in [3.63, 3.8) is 0 Å². The lowest BCUT2D eigenvalue weighted by Crippen LogP contribution is -2.09. The molecule has 0 amide bonds. The molecule has 130 valence electrons. The summed E-state index contributed by atoms with van der Waals surface area (Å²) in [6.45, 7) is 0. The number of hydrogen-bond donors (Lipinski definition) is 0. The lowest BCUT2D eigenvalue weighted by molar-refractivity contribution is 0.486. The predicted molar refractivity (Wildman–Crippen MR) is 90.5 cm³/mol.